The van der Waals surface area contributed by atoms with Gasteiger partial charge in [0, 0.05) is 24.4 Å². The summed E-state index contributed by atoms with van der Waals surface area (Å²) in [5.41, 5.74) is 0.0903. The van der Waals surface area contributed by atoms with Crippen LogP contribution in [0.5, 0.6) is 0 Å². The molecule has 0 saturated heterocycles. The predicted octanol–water partition coefficient (Wildman–Crippen LogP) is 3.39. The quantitative estimate of drug-likeness (QED) is 0.723. The SMILES string of the molecule is CC(C)O[B-](OC(C)C)(OC(C)C)c1ccc(F)cc1F. The van der Waals surface area contributed by atoms with Crippen molar-refractivity contribution in [2.24, 2.45) is 0 Å². The van der Waals surface area contributed by atoms with E-state index in [1.54, 1.807) is 0 Å². The first kappa shape index (κ1) is 18.1. The van der Waals surface area contributed by atoms with Gasteiger partial charge in [0.05, 0.1) is 5.82 Å². The molecule has 0 bridgehead atoms. The molecule has 0 aliphatic carbocycles. The number of benzene rings is 1. The van der Waals surface area contributed by atoms with Crippen LogP contribution in [-0.2, 0) is 14.0 Å². The summed E-state index contributed by atoms with van der Waals surface area (Å²) in [7, 11) is 0. The molecule has 0 radical (unpaired) electrons. The van der Waals surface area contributed by atoms with Crippen LogP contribution in [0.4, 0.5) is 8.78 Å². The second-order valence-electron chi connectivity index (χ2n) is 5.86. The fourth-order valence-corrected chi connectivity index (χ4v) is 2.18. The Labute approximate surface area is 125 Å². The van der Waals surface area contributed by atoms with Crippen LogP contribution in [0, 0.1) is 11.6 Å². The summed E-state index contributed by atoms with van der Waals surface area (Å²) in [5, 5.41) is 0. The van der Waals surface area contributed by atoms with E-state index in [2.05, 4.69) is 0 Å². The van der Waals surface area contributed by atoms with Crippen molar-refractivity contribution < 1.29 is 22.7 Å². The van der Waals surface area contributed by atoms with Crippen LogP contribution >= 0.6 is 0 Å². The molecule has 0 N–H and O–H groups in total. The van der Waals surface area contributed by atoms with Gasteiger partial charge in [0.25, 0.3) is 0 Å². The molecular formula is C15H24BF2O3-. The van der Waals surface area contributed by atoms with Gasteiger partial charge >= 0.3 is 6.75 Å². The zero-order chi connectivity index (χ0) is 16.2. The van der Waals surface area contributed by atoms with Crippen molar-refractivity contribution >= 4 is 12.2 Å². The van der Waals surface area contributed by atoms with Gasteiger partial charge in [-0.3, -0.25) is 0 Å². The molecule has 6 heteroatoms. The summed E-state index contributed by atoms with van der Waals surface area (Å²) in [6, 6.07) is 3.30. The molecule has 0 heterocycles. The van der Waals surface area contributed by atoms with Crippen LogP contribution in [-0.4, -0.2) is 25.1 Å². The Bertz CT molecular complexity index is 438. The van der Waals surface area contributed by atoms with Crippen LogP contribution < -0.4 is 5.46 Å². The molecular weight excluding hydrogens is 277 g/mol. The molecule has 0 spiro atoms. The highest BCUT2D eigenvalue weighted by molar-refractivity contribution is 6.75. The standard InChI is InChI=1S/C15H24BF2O3/c1-10(2)19-16(20-11(3)4,21-12(5)6)14-8-7-13(17)9-15(14)18/h7-12H,1-6H3/q-1. The monoisotopic (exact) mass is 301 g/mol. The molecule has 1 rings (SSSR count). The second kappa shape index (κ2) is 7.34. The predicted molar refractivity (Wildman–Crippen MR) is 80.4 cm³/mol. The first-order valence-electron chi connectivity index (χ1n) is 7.28. The minimum atomic E-state index is -2.50. The highest BCUT2D eigenvalue weighted by Crippen LogP contribution is 2.19. The van der Waals surface area contributed by atoms with Crippen molar-refractivity contribution in [3.63, 3.8) is 0 Å². The molecule has 21 heavy (non-hydrogen) atoms. The maximum absolute atomic E-state index is 14.2. The zero-order valence-electron chi connectivity index (χ0n) is 13.5. The molecule has 1 aromatic carbocycles. The van der Waals surface area contributed by atoms with Gasteiger partial charge in [-0.25, -0.2) is 8.78 Å². The molecule has 1 aromatic rings. The van der Waals surface area contributed by atoms with Crippen LogP contribution in [0.2, 0.25) is 0 Å². The first-order valence-corrected chi connectivity index (χ1v) is 7.28. The Morgan fingerprint density at radius 2 is 1.24 bits per heavy atom. The number of hydrogen-bond acceptors (Lipinski definition) is 3. The van der Waals surface area contributed by atoms with E-state index in [9.17, 15) is 8.78 Å². The van der Waals surface area contributed by atoms with Gasteiger partial charge in [-0.1, -0.05) is 11.5 Å². The Morgan fingerprint density at radius 3 is 1.57 bits per heavy atom. The fourth-order valence-electron chi connectivity index (χ4n) is 2.18. The Morgan fingerprint density at radius 1 is 0.810 bits per heavy atom. The first-order chi connectivity index (χ1) is 9.66. The topological polar surface area (TPSA) is 27.7 Å². The van der Waals surface area contributed by atoms with Gasteiger partial charge < -0.3 is 14.0 Å². The van der Waals surface area contributed by atoms with Crippen molar-refractivity contribution in [1.82, 2.24) is 0 Å². The van der Waals surface area contributed by atoms with E-state index in [-0.39, 0.29) is 23.8 Å². The lowest BCUT2D eigenvalue weighted by molar-refractivity contribution is 0.0148. The fraction of sp³-hybridized carbons (Fsp3) is 0.600. The van der Waals surface area contributed by atoms with Gasteiger partial charge in [0.15, 0.2) is 0 Å². The van der Waals surface area contributed by atoms with Crippen LogP contribution in [0.15, 0.2) is 18.2 Å². The van der Waals surface area contributed by atoms with E-state index in [1.807, 2.05) is 41.5 Å². The summed E-state index contributed by atoms with van der Waals surface area (Å²) >= 11 is 0. The van der Waals surface area contributed by atoms with Crippen molar-refractivity contribution in [1.29, 1.82) is 0 Å². The van der Waals surface area contributed by atoms with E-state index < -0.39 is 18.4 Å². The molecule has 120 valence electrons. The van der Waals surface area contributed by atoms with Gasteiger partial charge in [0.2, 0.25) is 0 Å². The highest BCUT2D eigenvalue weighted by atomic mass is 19.1. The maximum Gasteiger partial charge on any atom is 0.412 e. The second-order valence-corrected chi connectivity index (χ2v) is 5.86. The van der Waals surface area contributed by atoms with Crippen LogP contribution in [0.25, 0.3) is 0 Å². The normalized spacial score (nSPS) is 12.7. The Balaban J connectivity index is 3.36. The summed E-state index contributed by atoms with van der Waals surface area (Å²) in [6.07, 6.45) is -0.731. The van der Waals surface area contributed by atoms with Crippen molar-refractivity contribution in [3.8, 4) is 0 Å². The zero-order valence-corrected chi connectivity index (χ0v) is 13.5. The minimum Gasteiger partial charge on any atom is -0.538 e. The molecule has 0 fully saturated rings. The molecule has 0 aromatic heterocycles. The Kier molecular flexibility index (Phi) is 6.32. The lowest BCUT2D eigenvalue weighted by atomic mass is 9.67. The summed E-state index contributed by atoms with van der Waals surface area (Å²) in [5.74, 6) is -1.39. The molecule has 0 atom stereocenters. The maximum atomic E-state index is 14.2. The van der Waals surface area contributed by atoms with Gasteiger partial charge in [-0.15, -0.1) is 0 Å². The van der Waals surface area contributed by atoms with E-state index in [0.29, 0.717) is 0 Å². The third kappa shape index (κ3) is 5.06. The summed E-state index contributed by atoms with van der Waals surface area (Å²) < 4.78 is 44.9. The van der Waals surface area contributed by atoms with Crippen LogP contribution in [0.3, 0.4) is 0 Å². The smallest absolute Gasteiger partial charge is 0.412 e. The summed E-state index contributed by atoms with van der Waals surface area (Å²) in [4.78, 5) is 0. The number of halogens is 2. The molecule has 0 saturated carbocycles. The minimum absolute atomic E-state index is 0.0903. The number of hydrogen-bond donors (Lipinski definition) is 0. The van der Waals surface area contributed by atoms with Gasteiger partial charge in [-0.05, 0) is 47.6 Å². The number of rotatable bonds is 7. The molecule has 0 amide bonds. The van der Waals surface area contributed by atoms with E-state index in [4.69, 9.17) is 14.0 Å². The molecule has 0 aliphatic heterocycles. The van der Waals surface area contributed by atoms with Crippen LogP contribution in [0.1, 0.15) is 41.5 Å². The Hall–Kier alpha value is -0.975. The van der Waals surface area contributed by atoms with Crippen molar-refractivity contribution in [3.05, 3.63) is 29.8 Å². The van der Waals surface area contributed by atoms with Crippen molar-refractivity contribution in [2.45, 2.75) is 59.9 Å². The third-order valence-corrected chi connectivity index (χ3v) is 2.70. The average molecular weight is 301 g/mol. The summed E-state index contributed by atoms with van der Waals surface area (Å²) in [6.45, 7) is 8.37. The third-order valence-electron chi connectivity index (χ3n) is 2.70. The largest absolute Gasteiger partial charge is 0.538 e. The van der Waals surface area contributed by atoms with Gasteiger partial charge in [-0.2, -0.15) is 0 Å². The highest BCUT2D eigenvalue weighted by Gasteiger charge is 2.37. The van der Waals surface area contributed by atoms with E-state index in [0.717, 1.165) is 6.07 Å². The van der Waals surface area contributed by atoms with Gasteiger partial charge in [0.1, 0.15) is 5.82 Å². The molecule has 0 aliphatic rings. The van der Waals surface area contributed by atoms with Crippen molar-refractivity contribution in [2.75, 3.05) is 0 Å². The lowest BCUT2D eigenvalue weighted by Crippen LogP contribution is -2.61. The molecule has 0 unspecified atom stereocenters. The van der Waals surface area contributed by atoms with E-state index in [1.165, 1.54) is 12.1 Å². The molecule has 3 nitrogen and oxygen atoms in total. The lowest BCUT2D eigenvalue weighted by Gasteiger charge is -2.46. The average Bonchev–Trinajstić information content (AvgIpc) is 2.24. The van der Waals surface area contributed by atoms with E-state index >= 15 is 0 Å².